The number of benzene rings is 2. The molecule has 20 heavy (non-hydrogen) atoms. The zero-order valence-corrected chi connectivity index (χ0v) is 11.6. The lowest BCUT2D eigenvalue weighted by molar-refractivity contribution is -0.138. The van der Waals surface area contributed by atoms with Gasteiger partial charge < -0.3 is 15.2 Å². The Morgan fingerprint density at radius 2 is 1.85 bits per heavy atom. The maximum absolute atomic E-state index is 11.4. The van der Waals surface area contributed by atoms with E-state index in [2.05, 4.69) is 5.32 Å². The van der Waals surface area contributed by atoms with Crippen LogP contribution in [0.1, 0.15) is 11.6 Å². The van der Waals surface area contributed by atoms with E-state index in [-0.39, 0.29) is 0 Å². The number of hydrogen-bond acceptors (Lipinski definition) is 3. The van der Waals surface area contributed by atoms with Gasteiger partial charge in [-0.25, -0.2) is 4.79 Å². The van der Waals surface area contributed by atoms with E-state index in [1.807, 2.05) is 0 Å². The Morgan fingerprint density at radius 1 is 1.20 bits per heavy atom. The SMILES string of the molecule is COc1ccc(C(Nc2ccccc2Cl)C(=O)O)cc1. The largest absolute Gasteiger partial charge is 0.497 e. The normalized spacial score (nSPS) is 11.7. The minimum Gasteiger partial charge on any atom is -0.497 e. The fourth-order valence-corrected chi connectivity index (χ4v) is 2.01. The number of halogens is 1. The minimum absolute atomic E-state index is 0.479. The van der Waals surface area contributed by atoms with Crippen molar-refractivity contribution in [3.05, 3.63) is 59.1 Å². The summed E-state index contributed by atoms with van der Waals surface area (Å²) < 4.78 is 5.06. The Kier molecular flexibility index (Phi) is 4.48. The van der Waals surface area contributed by atoms with Gasteiger partial charge in [-0.15, -0.1) is 0 Å². The number of rotatable bonds is 5. The van der Waals surface area contributed by atoms with E-state index in [4.69, 9.17) is 16.3 Å². The molecule has 0 amide bonds. The second kappa shape index (κ2) is 6.30. The number of carboxylic acid groups (broad SMARTS) is 1. The molecule has 0 aromatic heterocycles. The molecule has 0 radical (unpaired) electrons. The molecule has 1 unspecified atom stereocenters. The molecule has 2 rings (SSSR count). The number of para-hydroxylation sites is 1. The molecular weight excluding hydrogens is 278 g/mol. The Bertz CT molecular complexity index is 598. The molecule has 0 aliphatic rings. The Morgan fingerprint density at radius 3 is 2.40 bits per heavy atom. The van der Waals surface area contributed by atoms with Gasteiger partial charge in [0.05, 0.1) is 17.8 Å². The summed E-state index contributed by atoms with van der Waals surface area (Å²) in [6.45, 7) is 0. The highest BCUT2D eigenvalue weighted by molar-refractivity contribution is 6.33. The smallest absolute Gasteiger partial charge is 0.330 e. The lowest BCUT2D eigenvalue weighted by Gasteiger charge is -2.17. The van der Waals surface area contributed by atoms with E-state index in [0.717, 1.165) is 0 Å². The molecule has 5 heteroatoms. The summed E-state index contributed by atoms with van der Waals surface area (Å²) in [5, 5.41) is 12.8. The van der Waals surface area contributed by atoms with E-state index in [9.17, 15) is 9.90 Å². The highest BCUT2D eigenvalue weighted by Crippen LogP contribution is 2.27. The van der Waals surface area contributed by atoms with Gasteiger partial charge in [0.2, 0.25) is 0 Å². The molecule has 0 saturated carbocycles. The van der Waals surface area contributed by atoms with Crippen LogP contribution in [-0.2, 0) is 4.79 Å². The number of methoxy groups -OCH3 is 1. The number of carbonyl (C=O) groups is 1. The van der Waals surface area contributed by atoms with Crippen LogP contribution in [0.3, 0.4) is 0 Å². The van der Waals surface area contributed by atoms with Crippen LogP contribution in [0.15, 0.2) is 48.5 Å². The van der Waals surface area contributed by atoms with Crippen LogP contribution in [-0.4, -0.2) is 18.2 Å². The number of hydrogen-bond donors (Lipinski definition) is 2. The summed E-state index contributed by atoms with van der Waals surface area (Å²) in [5.41, 5.74) is 1.20. The highest BCUT2D eigenvalue weighted by Gasteiger charge is 2.20. The Labute approximate surface area is 122 Å². The fraction of sp³-hybridized carbons (Fsp3) is 0.133. The zero-order valence-electron chi connectivity index (χ0n) is 10.8. The monoisotopic (exact) mass is 291 g/mol. The predicted molar refractivity (Wildman–Crippen MR) is 78.4 cm³/mol. The number of nitrogens with one attached hydrogen (secondary N) is 1. The van der Waals surface area contributed by atoms with Crippen LogP contribution in [0.5, 0.6) is 5.75 Å². The van der Waals surface area contributed by atoms with E-state index in [1.165, 1.54) is 0 Å². The third kappa shape index (κ3) is 3.22. The molecule has 2 aromatic rings. The van der Waals surface area contributed by atoms with Crippen LogP contribution in [0.25, 0.3) is 0 Å². The molecule has 1 atom stereocenters. The first-order valence-electron chi connectivity index (χ1n) is 5.99. The molecule has 104 valence electrons. The van der Waals surface area contributed by atoms with Crippen molar-refractivity contribution in [1.29, 1.82) is 0 Å². The number of ether oxygens (including phenoxy) is 1. The number of carboxylic acids is 1. The molecule has 0 heterocycles. The van der Waals surface area contributed by atoms with Crippen molar-refractivity contribution in [1.82, 2.24) is 0 Å². The zero-order chi connectivity index (χ0) is 14.5. The molecular formula is C15H14ClNO3. The van der Waals surface area contributed by atoms with Crippen LogP contribution < -0.4 is 10.1 Å². The fourth-order valence-electron chi connectivity index (χ4n) is 1.82. The molecule has 0 aliphatic heterocycles. The first kappa shape index (κ1) is 14.2. The van der Waals surface area contributed by atoms with Crippen molar-refractivity contribution in [2.45, 2.75) is 6.04 Å². The molecule has 0 spiro atoms. The summed E-state index contributed by atoms with van der Waals surface area (Å²) in [6.07, 6.45) is 0. The van der Waals surface area contributed by atoms with Crippen LogP contribution in [0.2, 0.25) is 5.02 Å². The van der Waals surface area contributed by atoms with E-state index >= 15 is 0 Å². The molecule has 0 saturated heterocycles. The molecule has 4 nitrogen and oxygen atoms in total. The van der Waals surface area contributed by atoms with Gasteiger partial charge in [-0.1, -0.05) is 35.9 Å². The number of anilines is 1. The van der Waals surface area contributed by atoms with Gasteiger partial charge in [-0.05, 0) is 29.8 Å². The molecule has 2 aromatic carbocycles. The second-order valence-electron chi connectivity index (χ2n) is 4.17. The maximum atomic E-state index is 11.4. The molecule has 0 fully saturated rings. The number of aliphatic carboxylic acids is 1. The van der Waals surface area contributed by atoms with Gasteiger partial charge in [0.15, 0.2) is 6.04 Å². The molecule has 0 aliphatic carbocycles. The standard InChI is InChI=1S/C15H14ClNO3/c1-20-11-8-6-10(7-9-11)14(15(18)19)17-13-5-3-2-4-12(13)16/h2-9,14,17H,1H3,(H,18,19). The van der Waals surface area contributed by atoms with Crippen molar-refractivity contribution < 1.29 is 14.6 Å². The van der Waals surface area contributed by atoms with Crippen LogP contribution in [0.4, 0.5) is 5.69 Å². The van der Waals surface area contributed by atoms with E-state index < -0.39 is 12.0 Å². The van der Waals surface area contributed by atoms with Gasteiger partial charge >= 0.3 is 5.97 Å². The second-order valence-corrected chi connectivity index (χ2v) is 4.58. The minimum atomic E-state index is -0.977. The average Bonchev–Trinajstić information content (AvgIpc) is 2.46. The summed E-state index contributed by atoms with van der Waals surface area (Å²) in [6, 6.07) is 13.0. The Hall–Kier alpha value is -2.20. The summed E-state index contributed by atoms with van der Waals surface area (Å²) >= 11 is 6.03. The quantitative estimate of drug-likeness (QED) is 0.884. The maximum Gasteiger partial charge on any atom is 0.330 e. The topological polar surface area (TPSA) is 58.6 Å². The van der Waals surface area contributed by atoms with E-state index in [0.29, 0.717) is 22.0 Å². The van der Waals surface area contributed by atoms with Crippen molar-refractivity contribution in [2.75, 3.05) is 12.4 Å². The van der Waals surface area contributed by atoms with Crippen LogP contribution in [0, 0.1) is 0 Å². The highest BCUT2D eigenvalue weighted by atomic mass is 35.5. The Balaban J connectivity index is 2.27. The summed E-state index contributed by atoms with van der Waals surface area (Å²) in [5.74, 6) is -0.300. The van der Waals surface area contributed by atoms with Crippen molar-refractivity contribution in [2.24, 2.45) is 0 Å². The van der Waals surface area contributed by atoms with Gasteiger partial charge in [0.1, 0.15) is 5.75 Å². The predicted octanol–water partition coefficient (Wildman–Crippen LogP) is 3.59. The van der Waals surface area contributed by atoms with Crippen molar-refractivity contribution >= 4 is 23.3 Å². The van der Waals surface area contributed by atoms with Crippen LogP contribution >= 0.6 is 11.6 Å². The lowest BCUT2D eigenvalue weighted by Crippen LogP contribution is -2.20. The third-order valence-corrected chi connectivity index (χ3v) is 3.20. The summed E-state index contributed by atoms with van der Waals surface area (Å²) in [4.78, 5) is 11.4. The summed E-state index contributed by atoms with van der Waals surface area (Å²) in [7, 11) is 1.56. The first-order chi connectivity index (χ1) is 9.61. The van der Waals surface area contributed by atoms with Crippen molar-refractivity contribution in [3.63, 3.8) is 0 Å². The van der Waals surface area contributed by atoms with Crippen molar-refractivity contribution in [3.8, 4) is 5.75 Å². The van der Waals surface area contributed by atoms with Gasteiger partial charge in [0.25, 0.3) is 0 Å². The van der Waals surface area contributed by atoms with Gasteiger partial charge in [0, 0.05) is 0 Å². The first-order valence-corrected chi connectivity index (χ1v) is 6.37. The average molecular weight is 292 g/mol. The van der Waals surface area contributed by atoms with Gasteiger partial charge in [-0.3, -0.25) is 0 Å². The molecule has 0 bridgehead atoms. The van der Waals surface area contributed by atoms with Gasteiger partial charge in [-0.2, -0.15) is 0 Å². The third-order valence-electron chi connectivity index (χ3n) is 2.87. The lowest BCUT2D eigenvalue weighted by atomic mass is 10.1. The van der Waals surface area contributed by atoms with E-state index in [1.54, 1.807) is 55.6 Å². The molecule has 2 N–H and O–H groups in total.